The highest BCUT2D eigenvalue weighted by atomic mass is 16.6. The van der Waals surface area contributed by atoms with Gasteiger partial charge in [-0.3, -0.25) is 0 Å². The zero-order valence-corrected chi connectivity index (χ0v) is 7.26. The van der Waals surface area contributed by atoms with E-state index in [1.807, 2.05) is 6.92 Å². The third-order valence-electron chi connectivity index (χ3n) is 2.15. The Morgan fingerprint density at radius 1 is 1.58 bits per heavy atom. The molecule has 0 aliphatic heterocycles. The van der Waals surface area contributed by atoms with Crippen LogP contribution in [0.25, 0.3) is 0 Å². The van der Waals surface area contributed by atoms with Gasteiger partial charge in [-0.05, 0) is 19.8 Å². The van der Waals surface area contributed by atoms with Gasteiger partial charge in [-0.2, -0.15) is 0 Å². The lowest BCUT2D eigenvalue weighted by molar-refractivity contribution is 0.282. The summed E-state index contributed by atoms with van der Waals surface area (Å²) in [6.07, 6.45) is 1.91. The summed E-state index contributed by atoms with van der Waals surface area (Å²) in [5.41, 5.74) is 6.36. The summed E-state index contributed by atoms with van der Waals surface area (Å²) in [5, 5.41) is 0. The molecule has 0 aromatic carbocycles. The van der Waals surface area contributed by atoms with Gasteiger partial charge in [-0.25, -0.2) is 4.98 Å². The average Bonchev–Trinajstić information content (AvgIpc) is 2.65. The van der Waals surface area contributed by atoms with Gasteiger partial charge < -0.3 is 14.9 Å². The van der Waals surface area contributed by atoms with E-state index >= 15 is 0 Å². The van der Waals surface area contributed by atoms with E-state index in [0.717, 1.165) is 18.5 Å². The zero-order chi connectivity index (χ0) is 8.77. The minimum atomic E-state index is -0.304. The van der Waals surface area contributed by atoms with Crippen LogP contribution >= 0.6 is 0 Å². The van der Waals surface area contributed by atoms with Crippen LogP contribution in [0.1, 0.15) is 24.4 Å². The summed E-state index contributed by atoms with van der Waals surface area (Å²) >= 11 is 0. The third kappa shape index (κ3) is 0.992. The molecule has 2 N–H and O–H groups in total. The molecule has 0 atom stereocenters. The highest BCUT2D eigenvalue weighted by Gasteiger charge is 2.45. The van der Waals surface area contributed by atoms with Gasteiger partial charge in [0.2, 0.25) is 5.89 Å². The number of ether oxygens (including phenoxy) is 1. The molecule has 0 saturated heterocycles. The van der Waals surface area contributed by atoms with Crippen LogP contribution in [0, 0.1) is 6.92 Å². The van der Waals surface area contributed by atoms with E-state index in [0.29, 0.717) is 11.8 Å². The van der Waals surface area contributed by atoms with Gasteiger partial charge in [0.15, 0.2) is 0 Å². The Balaban J connectivity index is 2.34. The van der Waals surface area contributed by atoms with Crippen LogP contribution in [-0.2, 0) is 5.54 Å². The zero-order valence-electron chi connectivity index (χ0n) is 7.26. The molecule has 0 spiro atoms. The maximum atomic E-state index is 5.89. The molecule has 1 aromatic heterocycles. The van der Waals surface area contributed by atoms with Crippen molar-refractivity contribution in [2.75, 3.05) is 7.11 Å². The molecule has 1 fully saturated rings. The molecule has 1 heterocycles. The number of aromatic nitrogens is 1. The first-order chi connectivity index (χ1) is 5.65. The summed E-state index contributed by atoms with van der Waals surface area (Å²) < 4.78 is 10.3. The Kier molecular flexibility index (Phi) is 1.41. The summed E-state index contributed by atoms with van der Waals surface area (Å²) in [6.45, 7) is 1.84. The molecule has 12 heavy (non-hydrogen) atoms. The van der Waals surface area contributed by atoms with E-state index < -0.39 is 0 Å². The maximum absolute atomic E-state index is 5.89. The SMILES string of the molecule is COc1oc(C2(N)CC2)nc1C. The van der Waals surface area contributed by atoms with Crippen molar-refractivity contribution in [1.29, 1.82) is 0 Å². The first-order valence-corrected chi connectivity index (χ1v) is 3.96. The normalized spacial score (nSPS) is 19.2. The number of nitrogens with two attached hydrogens (primary N) is 1. The van der Waals surface area contributed by atoms with Crippen LogP contribution in [0.3, 0.4) is 0 Å². The predicted molar refractivity (Wildman–Crippen MR) is 42.9 cm³/mol. The van der Waals surface area contributed by atoms with Gasteiger partial charge in [0.05, 0.1) is 12.6 Å². The Morgan fingerprint density at radius 2 is 2.25 bits per heavy atom. The second-order valence-corrected chi connectivity index (χ2v) is 3.25. The van der Waals surface area contributed by atoms with E-state index in [1.54, 1.807) is 7.11 Å². The van der Waals surface area contributed by atoms with Crippen molar-refractivity contribution in [2.24, 2.45) is 5.73 Å². The molecule has 1 aliphatic rings. The van der Waals surface area contributed by atoms with Gasteiger partial charge in [0.25, 0.3) is 0 Å². The number of rotatable bonds is 2. The van der Waals surface area contributed by atoms with Crippen molar-refractivity contribution in [1.82, 2.24) is 4.98 Å². The maximum Gasteiger partial charge on any atom is 0.308 e. The van der Waals surface area contributed by atoms with E-state index in [-0.39, 0.29) is 5.54 Å². The molecule has 0 amide bonds. The predicted octanol–water partition coefficient (Wildman–Crippen LogP) is 0.939. The van der Waals surface area contributed by atoms with Crippen molar-refractivity contribution in [2.45, 2.75) is 25.3 Å². The second-order valence-electron chi connectivity index (χ2n) is 3.25. The standard InChI is InChI=1S/C8H12N2O2/c1-5-6(11-2)12-7(10-5)8(9)3-4-8/h3-4,9H2,1-2H3. The van der Waals surface area contributed by atoms with Crippen LogP contribution in [0.4, 0.5) is 0 Å². The molecule has 66 valence electrons. The van der Waals surface area contributed by atoms with Crippen molar-refractivity contribution >= 4 is 0 Å². The van der Waals surface area contributed by atoms with Crippen molar-refractivity contribution in [3.8, 4) is 5.95 Å². The highest BCUT2D eigenvalue weighted by molar-refractivity contribution is 5.20. The largest absolute Gasteiger partial charge is 0.467 e. The number of aryl methyl sites for hydroxylation is 1. The van der Waals surface area contributed by atoms with Crippen LogP contribution in [0.2, 0.25) is 0 Å². The fourth-order valence-corrected chi connectivity index (χ4v) is 1.13. The van der Waals surface area contributed by atoms with Gasteiger partial charge >= 0.3 is 5.95 Å². The van der Waals surface area contributed by atoms with Gasteiger partial charge in [-0.15, -0.1) is 0 Å². The topological polar surface area (TPSA) is 61.3 Å². The molecule has 1 aromatic rings. The molecule has 0 radical (unpaired) electrons. The Bertz CT molecular complexity index is 302. The fraction of sp³-hybridized carbons (Fsp3) is 0.625. The van der Waals surface area contributed by atoms with Crippen LogP contribution < -0.4 is 10.5 Å². The average molecular weight is 168 g/mol. The summed E-state index contributed by atoms with van der Waals surface area (Å²) in [6, 6.07) is 0. The third-order valence-corrected chi connectivity index (χ3v) is 2.15. The summed E-state index contributed by atoms with van der Waals surface area (Å²) in [4.78, 5) is 4.20. The molecule has 0 bridgehead atoms. The first kappa shape index (κ1) is 7.61. The van der Waals surface area contributed by atoms with Crippen molar-refractivity contribution < 1.29 is 9.15 Å². The number of nitrogens with zero attached hydrogens (tertiary/aromatic N) is 1. The molecule has 1 saturated carbocycles. The molecule has 2 rings (SSSR count). The Hall–Kier alpha value is -1.03. The molecule has 0 unspecified atom stereocenters. The number of hydrogen-bond acceptors (Lipinski definition) is 4. The monoisotopic (exact) mass is 168 g/mol. The summed E-state index contributed by atoms with van der Waals surface area (Å²) in [5.74, 6) is 1.08. The Morgan fingerprint density at radius 3 is 2.67 bits per heavy atom. The quantitative estimate of drug-likeness (QED) is 0.713. The molecular weight excluding hydrogens is 156 g/mol. The van der Waals surface area contributed by atoms with Crippen molar-refractivity contribution in [3.05, 3.63) is 11.6 Å². The number of hydrogen-bond donors (Lipinski definition) is 1. The summed E-state index contributed by atoms with van der Waals surface area (Å²) in [7, 11) is 1.56. The van der Waals surface area contributed by atoms with Crippen LogP contribution in [0.15, 0.2) is 4.42 Å². The minimum Gasteiger partial charge on any atom is -0.467 e. The van der Waals surface area contributed by atoms with E-state index in [4.69, 9.17) is 14.9 Å². The van der Waals surface area contributed by atoms with Gasteiger partial charge in [0.1, 0.15) is 5.69 Å². The van der Waals surface area contributed by atoms with E-state index in [1.165, 1.54) is 0 Å². The number of methoxy groups -OCH3 is 1. The van der Waals surface area contributed by atoms with Crippen molar-refractivity contribution in [3.63, 3.8) is 0 Å². The van der Waals surface area contributed by atoms with Gasteiger partial charge in [0, 0.05) is 0 Å². The first-order valence-electron chi connectivity index (χ1n) is 3.96. The van der Waals surface area contributed by atoms with Gasteiger partial charge in [-0.1, -0.05) is 0 Å². The lowest BCUT2D eigenvalue weighted by Crippen LogP contribution is -2.18. The lowest BCUT2D eigenvalue weighted by atomic mass is 10.3. The van der Waals surface area contributed by atoms with E-state index in [9.17, 15) is 0 Å². The minimum absolute atomic E-state index is 0.304. The molecule has 4 heteroatoms. The fourth-order valence-electron chi connectivity index (χ4n) is 1.13. The van der Waals surface area contributed by atoms with Crippen LogP contribution in [-0.4, -0.2) is 12.1 Å². The smallest absolute Gasteiger partial charge is 0.308 e. The molecule has 1 aliphatic carbocycles. The molecule has 4 nitrogen and oxygen atoms in total. The van der Waals surface area contributed by atoms with E-state index in [2.05, 4.69) is 4.98 Å². The second kappa shape index (κ2) is 2.23. The highest BCUT2D eigenvalue weighted by Crippen LogP contribution is 2.43. The van der Waals surface area contributed by atoms with Crippen LogP contribution in [0.5, 0.6) is 5.95 Å². The number of oxazole rings is 1. The molecular formula is C8H12N2O2. The Labute approximate surface area is 70.7 Å². The lowest BCUT2D eigenvalue weighted by Gasteiger charge is -1.99.